The molecule has 96 valence electrons. The summed E-state index contributed by atoms with van der Waals surface area (Å²) in [5.74, 6) is 0. The molecule has 0 saturated carbocycles. The minimum Gasteiger partial charge on any atom is -0.257 e. The van der Waals surface area contributed by atoms with Crippen molar-refractivity contribution in [1.29, 1.82) is 0 Å². The molecule has 0 atom stereocenters. The Hall–Kier alpha value is -1.16. The van der Waals surface area contributed by atoms with Gasteiger partial charge in [-0.05, 0) is 70.5 Å². The lowest BCUT2D eigenvalue weighted by atomic mass is 9.81. The molecular formula is C17H16IN. The second kappa shape index (κ2) is 4.44. The van der Waals surface area contributed by atoms with Gasteiger partial charge < -0.3 is 0 Å². The average molecular weight is 361 g/mol. The van der Waals surface area contributed by atoms with Gasteiger partial charge in [0.15, 0.2) is 0 Å². The Bertz CT molecular complexity index is 666. The average Bonchev–Trinajstić information content (AvgIpc) is 2.61. The van der Waals surface area contributed by atoms with Crippen molar-refractivity contribution in [1.82, 2.24) is 0 Å². The first-order valence-corrected chi connectivity index (χ1v) is 7.52. The largest absolute Gasteiger partial charge is 0.257 e. The summed E-state index contributed by atoms with van der Waals surface area (Å²) >= 11 is 2.34. The van der Waals surface area contributed by atoms with Gasteiger partial charge in [-0.15, -0.1) is 0 Å². The van der Waals surface area contributed by atoms with E-state index in [1.165, 1.54) is 26.0 Å². The quantitative estimate of drug-likeness (QED) is 0.608. The monoisotopic (exact) mass is 361 g/mol. The van der Waals surface area contributed by atoms with Crippen LogP contribution in [0.3, 0.4) is 0 Å². The first-order chi connectivity index (χ1) is 8.98. The Morgan fingerprint density at radius 3 is 2.26 bits per heavy atom. The molecule has 0 amide bonds. The summed E-state index contributed by atoms with van der Waals surface area (Å²) in [6.07, 6.45) is 0. The number of aliphatic imine (C=N–C) groups is 1. The van der Waals surface area contributed by atoms with Crippen LogP contribution in [0.15, 0.2) is 47.5 Å². The molecule has 0 saturated heterocycles. The van der Waals surface area contributed by atoms with E-state index >= 15 is 0 Å². The van der Waals surface area contributed by atoms with E-state index in [0.29, 0.717) is 0 Å². The maximum atomic E-state index is 4.67. The predicted octanol–water partition coefficient (Wildman–Crippen LogP) is 5.34. The minimum atomic E-state index is 0.0501. The van der Waals surface area contributed by atoms with Gasteiger partial charge >= 0.3 is 0 Å². The zero-order valence-corrected chi connectivity index (χ0v) is 13.5. The maximum absolute atomic E-state index is 4.67. The molecule has 1 aliphatic rings. The molecule has 0 N–H and O–H groups in total. The van der Waals surface area contributed by atoms with Crippen LogP contribution in [-0.2, 0) is 5.41 Å². The molecule has 3 rings (SSSR count). The summed E-state index contributed by atoms with van der Waals surface area (Å²) in [7, 11) is 0. The molecule has 0 aliphatic carbocycles. The predicted molar refractivity (Wildman–Crippen MR) is 90.4 cm³/mol. The maximum Gasteiger partial charge on any atom is 0.0671 e. The van der Waals surface area contributed by atoms with E-state index in [1.807, 2.05) is 0 Å². The molecule has 1 aliphatic heterocycles. The Labute approximate surface area is 127 Å². The first-order valence-electron chi connectivity index (χ1n) is 6.45. The van der Waals surface area contributed by atoms with Crippen LogP contribution in [0.25, 0.3) is 11.1 Å². The first kappa shape index (κ1) is 12.9. The Kier molecular flexibility index (Phi) is 3.01. The van der Waals surface area contributed by atoms with Gasteiger partial charge in [0.2, 0.25) is 0 Å². The SMILES string of the molecule is CC1=Nc2ccc(-c3ccc(I)cc3)cc2C1(C)C. The van der Waals surface area contributed by atoms with E-state index in [1.54, 1.807) is 0 Å². The Balaban J connectivity index is 2.10. The van der Waals surface area contributed by atoms with Crippen molar-refractivity contribution in [3.05, 3.63) is 51.6 Å². The Morgan fingerprint density at radius 2 is 1.58 bits per heavy atom. The van der Waals surface area contributed by atoms with Crippen LogP contribution in [-0.4, -0.2) is 5.71 Å². The fourth-order valence-electron chi connectivity index (χ4n) is 2.47. The third-order valence-corrected chi connectivity index (χ3v) is 4.76. The molecule has 2 aromatic rings. The van der Waals surface area contributed by atoms with Gasteiger partial charge in [0.1, 0.15) is 0 Å². The van der Waals surface area contributed by atoms with Gasteiger partial charge in [0, 0.05) is 14.7 Å². The third kappa shape index (κ3) is 2.12. The molecule has 0 spiro atoms. The summed E-state index contributed by atoms with van der Waals surface area (Å²) in [5.41, 5.74) is 6.24. The third-order valence-electron chi connectivity index (χ3n) is 4.04. The molecule has 0 radical (unpaired) electrons. The van der Waals surface area contributed by atoms with Crippen LogP contribution in [0.1, 0.15) is 26.3 Å². The smallest absolute Gasteiger partial charge is 0.0671 e. The summed E-state index contributed by atoms with van der Waals surface area (Å²) in [6, 6.07) is 15.3. The highest BCUT2D eigenvalue weighted by Gasteiger charge is 2.32. The number of halogens is 1. The van der Waals surface area contributed by atoms with Gasteiger partial charge in [-0.25, -0.2) is 0 Å². The van der Waals surface area contributed by atoms with Crippen molar-refractivity contribution in [2.75, 3.05) is 0 Å². The molecule has 2 heteroatoms. The standard InChI is InChI=1S/C17H16IN/c1-11-17(2,3)15-10-13(6-9-16(15)19-11)12-4-7-14(18)8-5-12/h4-10H,1-3H3. The molecule has 0 fully saturated rings. The van der Waals surface area contributed by atoms with E-state index in [-0.39, 0.29) is 5.41 Å². The lowest BCUT2D eigenvalue weighted by Crippen LogP contribution is -2.22. The van der Waals surface area contributed by atoms with E-state index in [9.17, 15) is 0 Å². The van der Waals surface area contributed by atoms with Gasteiger partial charge in [0.05, 0.1) is 5.69 Å². The molecule has 0 unspecified atom stereocenters. The van der Waals surface area contributed by atoms with E-state index in [4.69, 9.17) is 0 Å². The second-order valence-electron chi connectivity index (χ2n) is 5.56. The number of hydrogen-bond donors (Lipinski definition) is 0. The summed E-state index contributed by atoms with van der Waals surface area (Å²) in [5, 5.41) is 0. The highest BCUT2D eigenvalue weighted by Crippen LogP contribution is 2.41. The summed E-state index contributed by atoms with van der Waals surface area (Å²) in [4.78, 5) is 4.67. The van der Waals surface area contributed by atoms with Crippen molar-refractivity contribution < 1.29 is 0 Å². The Morgan fingerprint density at radius 1 is 0.947 bits per heavy atom. The van der Waals surface area contributed by atoms with Gasteiger partial charge in [-0.2, -0.15) is 0 Å². The molecular weight excluding hydrogens is 345 g/mol. The van der Waals surface area contributed by atoms with Crippen LogP contribution in [0.5, 0.6) is 0 Å². The lowest BCUT2D eigenvalue weighted by Gasteiger charge is -2.20. The van der Waals surface area contributed by atoms with Crippen molar-refractivity contribution in [3.63, 3.8) is 0 Å². The minimum absolute atomic E-state index is 0.0501. The van der Waals surface area contributed by atoms with Crippen LogP contribution < -0.4 is 0 Å². The van der Waals surface area contributed by atoms with E-state index in [2.05, 4.69) is 90.8 Å². The number of hydrogen-bond acceptors (Lipinski definition) is 1. The summed E-state index contributed by atoms with van der Waals surface area (Å²) in [6.45, 7) is 6.61. The molecule has 0 bridgehead atoms. The topological polar surface area (TPSA) is 12.4 Å². The van der Waals surface area contributed by atoms with E-state index in [0.717, 1.165) is 5.69 Å². The molecule has 19 heavy (non-hydrogen) atoms. The molecule has 1 nitrogen and oxygen atoms in total. The van der Waals surface area contributed by atoms with Crippen LogP contribution in [0.2, 0.25) is 0 Å². The highest BCUT2D eigenvalue weighted by molar-refractivity contribution is 14.1. The fraction of sp³-hybridized carbons (Fsp3) is 0.235. The molecule has 0 aromatic heterocycles. The normalized spacial score (nSPS) is 16.1. The number of fused-ring (bicyclic) bond motifs is 1. The number of benzene rings is 2. The van der Waals surface area contributed by atoms with Crippen LogP contribution >= 0.6 is 22.6 Å². The van der Waals surface area contributed by atoms with Gasteiger partial charge in [-0.3, -0.25) is 4.99 Å². The van der Waals surface area contributed by atoms with Crippen LogP contribution in [0, 0.1) is 3.57 Å². The zero-order valence-electron chi connectivity index (χ0n) is 11.4. The van der Waals surface area contributed by atoms with E-state index < -0.39 is 0 Å². The summed E-state index contributed by atoms with van der Waals surface area (Å²) < 4.78 is 1.27. The van der Waals surface area contributed by atoms with Gasteiger partial charge in [-0.1, -0.05) is 32.0 Å². The fourth-order valence-corrected chi connectivity index (χ4v) is 2.83. The van der Waals surface area contributed by atoms with Crippen molar-refractivity contribution in [2.45, 2.75) is 26.2 Å². The number of rotatable bonds is 1. The van der Waals surface area contributed by atoms with Crippen LogP contribution in [0.4, 0.5) is 5.69 Å². The zero-order chi connectivity index (χ0) is 13.6. The highest BCUT2D eigenvalue weighted by atomic mass is 127. The van der Waals surface area contributed by atoms with Crippen molar-refractivity contribution in [2.24, 2.45) is 4.99 Å². The second-order valence-corrected chi connectivity index (χ2v) is 6.81. The lowest BCUT2D eigenvalue weighted by molar-refractivity contribution is 0.733. The molecule has 2 aromatic carbocycles. The van der Waals surface area contributed by atoms with Crippen molar-refractivity contribution in [3.8, 4) is 11.1 Å². The number of nitrogens with zero attached hydrogens (tertiary/aromatic N) is 1. The van der Waals surface area contributed by atoms with Gasteiger partial charge in [0.25, 0.3) is 0 Å². The molecule has 1 heterocycles. The van der Waals surface area contributed by atoms with Crippen molar-refractivity contribution >= 4 is 34.0 Å².